The summed E-state index contributed by atoms with van der Waals surface area (Å²) in [6.07, 6.45) is 0.326. The summed E-state index contributed by atoms with van der Waals surface area (Å²) in [4.78, 5) is 13.4. The number of aliphatic hydroxyl groups excluding tert-OH is 1. The molecule has 1 N–H and O–H groups in total. The van der Waals surface area contributed by atoms with Gasteiger partial charge >= 0.3 is 5.97 Å². The highest BCUT2D eigenvalue weighted by atomic mass is 16.5. The van der Waals surface area contributed by atoms with Gasteiger partial charge in [0, 0.05) is 18.3 Å². The van der Waals surface area contributed by atoms with Gasteiger partial charge in [0.05, 0.1) is 19.6 Å². The molecule has 0 bridgehead atoms. The Hall–Kier alpha value is -1.55. The van der Waals surface area contributed by atoms with Gasteiger partial charge in [-0.3, -0.25) is 4.79 Å². The molecule has 0 aliphatic rings. The number of carbonyl (C=O) groups is 1. The Morgan fingerprint density at radius 2 is 2.06 bits per heavy atom. The molecule has 0 spiro atoms. The van der Waals surface area contributed by atoms with Gasteiger partial charge in [-0.25, -0.2) is 0 Å². The number of ether oxygens (including phenoxy) is 1. The lowest BCUT2D eigenvalue weighted by molar-refractivity contribution is -0.142. The number of para-hydroxylation sites is 1. The molecular weight excluding hydrogens is 230 g/mol. The Balaban J connectivity index is 2.65. The van der Waals surface area contributed by atoms with Crippen LogP contribution in [0.25, 0.3) is 0 Å². The average molecular weight is 251 g/mol. The van der Waals surface area contributed by atoms with E-state index in [1.54, 1.807) is 6.92 Å². The summed E-state index contributed by atoms with van der Waals surface area (Å²) in [5, 5.41) is 9.28. The van der Waals surface area contributed by atoms with E-state index < -0.39 is 0 Å². The fourth-order valence-electron chi connectivity index (χ4n) is 1.77. The first-order chi connectivity index (χ1) is 8.69. The fraction of sp³-hybridized carbons (Fsp3) is 0.500. The average Bonchev–Trinajstić information content (AvgIpc) is 2.40. The third-order valence-electron chi connectivity index (χ3n) is 2.75. The molecule has 1 aromatic carbocycles. The monoisotopic (exact) mass is 251 g/mol. The van der Waals surface area contributed by atoms with Gasteiger partial charge in [0.2, 0.25) is 0 Å². The first-order valence-electron chi connectivity index (χ1n) is 6.27. The lowest BCUT2D eigenvalue weighted by Gasteiger charge is -2.29. The lowest BCUT2D eigenvalue weighted by Crippen LogP contribution is -2.37. The largest absolute Gasteiger partial charge is 0.466 e. The number of hydrogen-bond donors (Lipinski definition) is 1. The molecule has 4 heteroatoms. The Labute approximate surface area is 108 Å². The smallest absolute Gasteiger partial charge is 0.307 e. The molecule has 18 heavy (non-hydrogen) atoms. The molecule has 1 rings (SSSR count). The molecule has 1 unspecified atom stereocenters. The molecular formula is C14H21NO3. The number of hydrogen-bond acceptors (Lipinski definition) is 4. The summed E-state index contributed by atoms with van der Waals surface area (Å²) in [7, 11) is 0. The molecule has 0 saturated carbocycles. The normalized spacial score (nSPS) is 11.9. The fourth-order valence-corrected chi connectivity index (χ4v) is 1.77. The number of rotatable bonds is 7. The second-order valence-corrected chi connectivity index (χ2v) is 4.12. The molecule has 0 heterocycles. The summed E-state index contributed by atoms with van der Waals surface area (Å²) in [6.45, 7) is 4.73. The van der Waals surface area contributed by atoms with Crippen molar-refractivity contribution < 1.29 is 14.6 Å². The highest BCUT2D eigenvalue weighted by Gasteiger charge is 2.15. The van der Waals surface area contributed by atoms with E-state index in [4.69, 9.17) is 4.74 Å². The third kappa shape index (κ3) is 4.37. The van der Waals surface area contributed by atoms with Gasteiger partial charge in [-0.15, -0.1) is 0 Å². The third-order valence-corrected chi connectivity index (χ3v) is 2.75. The number of aliphatic hydroxyl groups is 1. The van der Waals surface area contributed by atoms with Crippen LogP contribution >= 0.6 is 0 Å². The van der Waals surface area contributed by atoms with Gasteiger partial charge in [-0.2, -0.15) is 0 Å². The van der Waals surface area contributed by atoms with Crippen LogP contribution in [0.3, 0.4) is 0 Å². The maximum Gasteiger partial charge on any atom is 0.307 e. The van der Waals surface area contributed by atoms with Crippen LogP contribution in [0, 0.1) is 0 Å². The molecule has 0 saturated heterocycles. The summed E-state index contributed by atoms with van der Waals surface area (Å²) >= 11 is 0. The van der Waals surface area contributed by atoms with Crippen molar-refractivity contribution in [2.45, 2.75) is 26.3 Å². The molecule has 4 nitrogen and oxygen atoms in total. The van der Waals surface area contributed by atoms with Gasteiger partial charge in [0.1, 0.15) is 0 Å². The SMILES string of the molecule is CCOC(=O)CCN(c1ccccc1)C(C)CO. The van der Waals surface area contributed by atoms with Gasteiger partial charge in [-0.05, 0) is 26.0 Å². The van der Waals surface area contributed by atoms with Crippen molar-refractivity contribution in [3.05, 3.63) is 30.3 Å². The van der Waals surface area contributed by atoms with Gasteiger partial charge in [0.25, 0.3) is 0 Å². The van der Waals surface area contributed by atoms with Crippen LogP contribution in [0.15, 0.2) is 30.3 Å². The van der Waals surface area contributed by atoms with Gasteiger partial charge in [0.15, 0.2) is 0 Å². The van der Waals surface area contributed by atoms with Crippen molar-refractivity contribution in [3.8, 4) is 0 Å². The van der Waals surface area contributed by atoms with E-state index in [0.717, 1.165) is 5.69 Å². The lowest BCUT2D eigenvalue weighted by atomic mass is 10.2. The zero-order valence-electron chi connectivity index (χ0n) is 11.0. The van der Waals surface area contributed by atoms with E-state index in [1.165, 1.54) is 0 Å². The number of anilines is 1. The molecule has 1 atom stereocenters. The van der Waals surface area contributed by atoms with Crippen molar-refractivity contribution in [1.29, 1.82) is 0 Å². The van der Waals surface area contributed by atoms with Crippen LogP contribution in [0.4, 0.5) is 5.69 Å². The van der Waals surface area contributed by atoms with E-state index in [9.17, 15) is 9.90 Å². The quantitative estimate of drug-likeness (QED) is 0.751. The maximum absolute atomic E-state index is 11.4. The number of esters is 1. The summed E-state index contributed by atoms with van der Waals surface area (Å²) in [6, 6.07) is 9.74. The predicted octanol–water partition coefficient (Wildman–Crippen LogP) is 1.83. The van der Waals surface area contributed by atoms with E-state index in [1.807, 2.05) is 42.2 Å². The number of carbonyl (C=O) groups excluding carboxylic acids is 1. The second-order valence-electron chi connectivity index (χ2n) is 4.12. The van der Waals surface area contributed by atoms with E-state index in [0.29, 0.717) is 19.6 Å². The van der Waals surface area contributed by atoms with Crippen LogP contribution in [-0.2, 0) is 9.53 Å². The molecule has 0 aliphatic carbocycles. The minimum Gasteiger partial charge on any atom is -0.466 e. The summed E-state index contributed by atoms with van der Waals surface area (Å²) in [5.74, 6) is -0.205. The number of benzene rings is 1. The molecule has 0 amide bonds. The molecule has 0 aromatic heterocycles. The van der Waals surface area contributed by atoms with Crippen molar-refractivity contribution >= 4 is 11.7 Å². The molecule has 1 aromatic rings. The Kier molecular flexibility index (Phi) is 6.22. The van der Waals surface area contributed by atoms with Crippen molar-refractivity contribution in [2.75, 3.05) is 24.7 Å². The summed E-state index contributed by atoms with van der Waals surface area (Å²) < 4.78 is 4.91. The zero-order valence-corrected chi connectivity index (χ0v) is 11.0. The number of nitrogens with zero attached hydrogens (tertiary/aromatic N) is 1. The van der Waals surface area contributed by atoms with Crippen LogP contribution in [-0.4, -0.2) is 36.9 Å². The van der Waals surface area contributed by atoms with Crippen LogP contribution in [0.1, 0.15) is 20.3 Å². The van der Waals surface area contributed by atoms with E-state index in [-0.39, 0.29) is 18.6 Å². The van der Waals surface area contributed by atoms with Gasteiger partial charge < -0.3 is 14.7 Å². The van der Waals surface area contributed by atoms with E-state index >= 15 is 0 Å². The van der Waals surface area contributed by atoms with Crippen molar-refractivity contribution in [2.24, 2.45) is 0 Å². The second kappa shape index (κ2) is 7.71. The van der Waals surface area contributed by atoms with Crippen LogP contribution in [0.5, 0.6) is 0 Å². The van der Waals surface area contributed by atoms with Crippen LogP contribution < -0.4 is 4.90 Å². The predicted molar refractivity (Wildman–Crippen MR) is 71.6 cm³/mol. The minimum absolute atomic E-state index is 0.0261. The molecule has 100 valence electrons. The topological polar surface area (TPSA) is 49.8 Å². The standard InChI is InChI=1S/C14H21NO3/c1-3-18-14(17)9-10-15(12(2)11-16)13-7-5-4-6-8-13/h4-8,12,16H,3,9-11H2,1-2H3. The first-order valence-corrected chi connectivity index (χ1v) is 6.27. The zero-order chi connectivity index (χ0) is 13.4. The highest BCUT2D eigenvalue weighted by Crippen LogP contribution is 2.16. The summed E-state index contributed by atoms with van der Waals surface area (Å²) in [5.41, 5.74) is 1.00. The Morgan fingerprint density at radius 3 is 2.61 bits per heavy atom. The van der Waals surface area contributed by atoms with Crippen molar-refractivity contribution in [1.82, 2.24) is 0 Å². The molecule has 0 radical (unpaired) electrons. The van der Waals surface area contributed by atoms with E-state index in [2.05, 4.69) is 0 Å². The Bertz CT molecular complexity index is 353. The van der Waals surface area contributed by atoms with Crippen LogP contribution in [0.2, 0.25) is 0 Å². The maximum atomic E-state index is 11.4. The first kappa shape index (κ1) is 14.5. The van der Waals surface area contributed by atoms with Gasteiger partial charge in [-0.1, -0.05) is 18.2 Å². The Morgan fingerprint density at radius 1 is 1.39 bits per heavy atom. The highest BCUT2D eigenvalue weighted by molar-refractivity contribution is 5.70. The van der Waals surface area contributed by atoms with Crippen molar-refractivity contribution in [3.63, 3.8) is 0 Å². The molecule has 0 fully saturated rings. The minimum atomic E-state index is -0.205. The molecule has 0 aliphatic heterocycles.